The monoisotopic (exact) mass is 312 g/mol. The summed E-state index contributed by atoms with van der Waals surface area (Å²) in [6.07, 6.45) is 6.37. The average molecular weight is 313 g/mol. The molecule has 1 aromatic heterocycles. The minimum absolute atomic E-state index is 0.0108. The first-order valence-corrected chi connectivity index (χ1v) is 6.73. The van der Waals surface area contributed by atoms with E-state index in [-0.39, 0.29) is 5.75 Å². The second-order valence-corrected chi connectivity index (χ2v) is 5.03. The van der Waals surface area contributed by atoms with Crippen molar-refractivity contribution in [3.05, 3.63) is 59.1 Å². The maximum absolute atomic E-state index is 10.1. The van der Waals surface area contributed by atoms with Crippen LogP contribution < -0.4 is 0 Å². The molecular weight excluding hydrogens is 299 g/mol. The van der Waals surface area contributed by atoms with E-state index >= 15 is 0 Å². The first kappa shape index (κ1) is 14.9. The molecule has 0 aliphatic heterocycles. The van der Waals surface area contributed by atoms with Crippen molar-refractivity contribution in [3.8, 4) is 5.75 Å². The Kier molecular flexibility index (Phi) is 5.06. The molecule has 0 amide bonds. The fourth-order valence-electron chi connectivity index (χ4n) is 1.89. The van der Waals surface area contributed by atoms with Gasteiger partial charge in [0.2, 0.25) is 0 Å². The normalized spacial score (nSPS) is 12.3. The van der Waals surface area contributed by atoms with E-state index in [0.29, 0.717) is 28.8 Å². The summed E-state index contributed by atoms with van der Waals surface area (Å²) in [6, 6.07) is 3.03. The van der Waals surface area contributed by atoms with Crippen LogP contribution in [0.3, 0.4) is 0 Å². The number of hydrogen-bond donors (Lipinski definition) is 1. The number of ether oxygens (including phenoxy) is 1. The van der Waals surface area contributed by atoms with Gasteiger partial charge in [-0.15, -0.1) is 6.58 Å². The minimum atomic E-state index is -0.424. The zero-order chi connectivity index (χ0) is 14.5. The lowest BCUT2D eigenvalue weighted by Gasteiger charge is -2.20. The molecule has 0 saturated heterocycles. The van der Waals surface area contributed by atoms with E-state index in [1.165, 1.54) is 6.07 Å². The van der Waals surface area contributed by atoms with Crippen molar-refractivity contribution < 1.29 is 9.84 Å². The molecule has 0 bridgehead atoms. The molecule has 1 unspecified atom stereocenters. The Balaban J connectivity index is 2.32. The lowest BCUT2D eigenvalue weighted by molar-refractivity contribution is 0.0590. The van der Waals surface area contributed by atoms with Gasteiger partial charge < -0.3 is 14.4 Å². The molecule has 20 heavy (non-hydrogen) atoms. The van der Waals surface area contributed by atoms with E-state index in [4.69, 9.17) is 27.9 Å². The van der Waals surface area contributed by atoms with Gasteiger partial charge in [-0.05, 0) is 12.1 Å². The van der Waals surface area contributed by atoms with E-state index < -0.39 is 6.10 Å². The summed E-state index contributed by atoms with van der Waals surface area (Å²) in [4.78, 5) is 3.98. The summed E-state index contributed by atoms with van der Waals surface area (Å²) in [5.41, 5.74) is 0.506. The number of benzene rings is 1. The lowest BCUT2D eigenvalue weighted by atomic mass is 10.1. The summed E-state index contributed by atoms with van der Waals surface area (Å²) < 4.78 is 7.54. The van der Waals surface area contributed by atoms with Crippen LogP contribution in [0.2, 0.25) is 10.0 Å². The van der Waals surface area contributed by atoms with Crippen LogP contribution in [0.5, 0.6) is 5.75 Å². The summed E-state index contributed by atoms with van der Waals surface area (Å²) >= 11 is 12.0. The third-order valence-electron chi connectivity index (χ3n) is 2.75. The fourth-order valence-corrected chi connectivity index (χ4v) is 2.49. The van der Waals surface area contributed by atoms with Crippen LogP contribution in [0.1, 0.15) is 11.7 Å². The maximum atomic E-state index is 10.1. The van der Waals surface area contributed by atoms with Gasteiger partial charge in [-0.1, -0.05) is 29.3 Å². The van der Waals surface area contributed by atoms with Gasteiger partial charge in [0.25, 0.3) is 0 Å². The van der Waals surface area contributed by atoms with Gasteiger partial charge in [0.05, 0.1) is 24.5 Å². The van der Waals surface area contributed by atoms with Crippen LogP contribution >= 0.6 is 23.2 Å². The summed E-state index contributed by atoms with van der Waals surface area (Å²) in [7, 11) is 0. The molecule has 0 fully saturated rings. The molecule has 2 rings (SSSR count). The number of aromatic hydroxyl groups is 1. The van der Waals surface area contributed by atoms with Gasteiger partial charge in [0, 0.05) is 23.0 Å². The fraction of sp³-hybridized carbons (Fsp3) is 0.214. The number of hydrogen-bond acceptors (Lipinski definition) is 3. The second kappa shape index (κ2) is 6.79. The Labute approximate surface area is 127 Å². The molecule has 0 aliphatic rings. The van der Waals surface area contributed by atoms with Crippen molar-refractivity contribution in [2.75, 3.05) is 6.61 Å². The molecule has 106 valence electrons. The Morgan fingerprint density at radius 2 is 2.25 bits per heavy atom. The molecule has 1 N–H and O–H groups in total. The average Bonchev–Trinajstić information content (AvgIpc) is 2.87. The van der Waals surface area contributed by atoms with Crippen molar-refractivity contribution in [2.45, 2.75) is 12.6 Å². The maximum Gasteiger partial charge on any atom is 0.124 e. The van der Waals surface area contributed by atoms with Crippen molar-refractivity contribution in [3.63, 3.8) is 0 Å². The van der Waals surface area contributed by atoms with Crippen molar-refractivity contribution in [2.24, 2.45) is 0 Å². The summed E-state index contributed by atoms with van der Waals surface area (Å²) in [5, 5.41) is 10.8. The first-order valence-electron chi connectivity index (χ1n) is 5.98. The lowest BCUT2D eigenvalue weighted by Crippen LogP contribution is -2.13. The highest BCUT2D eigenvalue weighted by Crippen LogP contribution is 2.37. The third kappa shape index (κ3) is 3.54. The highest BCUT2D eigenvalue weighted by Gasteiger charge is 2.20. The molecule has 0 radical (unpaired) electrons. The van der Waals surface area contributed by atoms with Gasteiger partial charge in [0.1, 0.15) is 11.9 Å². The Hall–Kier alpha value is -1.49. The van der Waals surface area contributed by atoms with Crippen LogP contribution in [0.25, 0.3) is 0 Å². The Bertz CT molecular complexity index is 562. The number of nitrogens with zero attached hydrogens (tertiary/aromatic N) is 2. The van der Waals surface area contributed by atoms with Crippen molar-refractivity contribution in [1.82, 2.24) is 9.55 Å². The summed E-state index contributed by atoms with van der Waals surface area (Å²) in [5.74, 6) is 0.0108. The highest BCUT2D eigenvalue weighted by atomic mass is 35.5. The molecular formula is C14H14Cl2N2O2. The van der Waals surface area contributed by atoms with E-state index in [0.717, 1.165) is 0 Å². The topological polar surface area (TPSA) is 47.3 Å². The number of halogens is 2. The molecule has 6 heteroatoms. The zero-order valence-corrected chi connectivity index (χ0v) is 12.2. The molecule has 1 atom stereocenters. The number of phenolic OH excluding ortho intramolecular Hbond substituents is 1. The quantitative estimate of drug-likeness (QED) is 0.824. The van der Waals surface area contributed by atoms with Crippen LogP contribution in [0.15, 0.2) is 43.5 Å². The number of imidazole rings is 1. The SMILES string of the molecule is C=CCOC(Cn1ccnc1)c1c(O)cc(Cl)cc1Cl. The number of phenols is 1. The number of aromatic nitrogens is 2. The smallest absolute Gasteiger partial charge is 0.124 e. The predicted octanol–water partition coefficient (Wildman–Crippen LogP) is 3.84. The summed E-state index contributed by atoms with van der Waals surface area (Å²) in [6.45, 7) is 4.44. The van der Waals surface area contributed by atoms with E-state index in [1.54, 1.807) is 24.7 Å². The molecule has 4 nitrogen and oxygen atoms in total. The largest absolute Gasteiger partial charge is 0.507 e. The van der Waals surface area contributed by atoms with E-state index in [2.05, 4.69) is 11.6 Å². The van der Waals surface area contributed by atoms with E-state index in [1.807, 2.05) is 10.8 Å². The second-order valence-electron chi connectivity index (χ2n) is 4.19. The van der Waals surface area contributed by atoms with Crippen molar-refractivity contribution >= 4 is 23.2 Å². The predicted molar refractivity (Wildman–Crippen MR) is 79.2 cm³/mol. The molecule has 0 spiro atoms. The standard InChI is InChI=1S/C14H14Cl2N2O2/c1-2-5-20-13(8-18-4-3-17-9-18)14-11(16)6-10(15)7-12(14)19/h2-4,6-7,9,13,19H,1,5,8H2. The minimum Gasteiger partial charge on any atom is -0.507 e. The van der Waals surface area contributed by atoms with Crippen LogP contribution in [0, 0.1) is 0 Å². The van der Waals surface area contributed by atoms with Crippen molar-refractivity contribution in [1.29, 1.82) is 0 Å². The highest BCUT2D eigenvalue weighted by molar-refractivity contribution is 6.35. The molecule has 2 aromatic rings. The zero-order valence-electron chi connectivity index (χ0n) is 10.7. The third-order valence-corrected chi connectivity index (χ3v) is 3.28. The molecule has 0 saturated carbocycles. The van der Waals surface area contributed by atoms with Gasteiger partial charge in [-0.3, -0.25) is 0 Å². The van der Waals surface area contributed by atoms with Gasteiger partial charge >= 0.3 is 0 Å². The van der Waals surface area contributed by atoms with E-state index in [9.17, 15) is 5.11 Å². The van der Waals surface area contributed by atoms with Gasteiger partial charge in [-0.25, -0.2) is 4.98 Å². The van der Waals surface area contributed by atoms with Crippen LogP contribution in [-0.2, 0) is 11.3 Å². The molecule has 0 aliphatic carbocycles. The Morgan fingerprint density at radius 3 is 2.85 bits per heavy atom. The van der Waals surface area contributed by atoms with Gasteiger partial charge in [0.15, 0.2) is 0 Å². The number of rotatable bonds is 6. The van der Waals surface area contributed by atoms with Gasteiger partial charge in [-0.2, -0.15) is 0 Å². The molecule has 1 heterocycles. The van der Waals surface area contributed by atoms with Crippen LogP contribution in [0.4, 0.5) is 0 Å². The first-order chi connectivity index (χ1) is 9.61. The molecule has 1 aromatic carbocycles. The Morgan fingerprint density at radius 1 is 1.45 bits per heavy atom. The van der Waals surface area contributed by atoms with Crippen LogP contribution in [-0.4, -0.2) is 21.3 Å².